The third-order valence-corrected chi connectivity index (χ3v) is 3.43. The molecule has 0 bridgehead atoms. The van der Waals surface area contributed by atoms with Crippen LogP contribution in [0.25, 0.3) is 4.85 Å². The van der Waals surface area contributed by atoms with Crippen LogP contribution < -0.4 is 4.74 Å². The molecule has 0 spiro atoms. The molecule has 7 heteroatoms. The zero-order chi connectivity index (χ0) is 18.8. The van der Waals surface area contributed by atoms with Gasteiger partial charge >= 0.3 is 18.8 Å². The molecular formula is C18H24N2O5. The molecule has 0 radical (unpaired) electrons. The molecule has 0 fully saturated rings. The smallest absolute Gasteiger partial charge is 0.410 e. The van der Waals surface area contributed by atoms with Crippen molar-refractivity contribution in [2.45, 2.75) is 26.8 Å². The molecule has 0 saturated carbocycles. The number of benzene rings is 1. The van der Waals surface area contributed by atoms with Crippen LogP contribution in [-0.2, 0) is 14.3 Å². The highest BCUT2D eigenvalue weighted by Crippen LogP contribution is 2.23. The lowest BCUT2D eigenvalue weighted by Gasteiger charge is -2.28. The third-order valence-electron chi connectivity index (χ3n) is 3.43. The molecule has 1 rings (SSSR count). The van der Waals surface area contributed by atoms with E-state index in [1.165, 1.54) is 12.0 Å². The number of carbonyl (C=O) groups excluding carboxylic acids is 2. The largest absolute Gasteiger partial charge is 0.468 e. The molecule has 25 heavy (non-hydrogen) atoms. The highest BCUT2D eigenvalue weighted by Gasteiger charge is 2.26. The molecule has 1 amide bonds. The van der Waals surface area contributed by atoms with Crippen molar-refractivity contribution in [2.75, 3.05) is 27.0 Å². The number of nitrogens with zero attached hydrogens (tertiary/aromatic N) is 2. The topological polar surface area (TPSA) is 69.4 Å². The molecule has 7 nitrogen and oxygen atoms in total. The van der Waals surface area contributed by atoms with Gasteiger partial charge in [-0.25, -0.2) is 11.4 Å². The van der Waals surface area contributed by atoms with Crippen LogP contribution >= 0.6 is 0 Å². The third kappa shape index (κ3) is 6.71. The Morgan fingerprint density at radius 2 is 1.84 bits per heavy atom. The summed E-state index contributed by atoms with van der Waals surface area (Å²) < 4.78 is 15.1. The van der Waals surface area contributed by atoms with Crippen molar-refractivity contribution >= 4 is 12.1 Å². The standard InChI is InChI=1S/C18H24N2O5/c1-13(2)11-24-18(22)20(10-17(21)23-5)14(3)15-6-8-16(9-7-15)25-12-19-4/h6-9,13-14H,10-12H2,1-3,5H3. The average Bonchev–Trinajstić information content (AvgIpc) is 2.62. The second-order valence-corrected chi connectivity index (χ2v) is 5.85. The minimum Gasteiger partial charge on any atom is -0.468 e. The maximum atomic E-state index is 12.4. The minimum atomic E-state index is -0.570. The molecule has 0 aliphatic carbocycles. The summed E-state index contributed by atoms with van der Waals surface area (Å²) in [6.45, 7) is 12.4. The first-order valence-corrected chi connectivity index (χ1v) is 7.95. The Hall–Kier alpha value is -2.75. The van der Waals surface area contributed by atoms with Crippen molar-refractivity contribution in [1.29, 1.82) is 0 Å². The van der Waals surface area contributed by atoms with E-state index in [2.05, 4.69) is 9.58 Å². The summed E-state index contributed by atoms with van der Waals surface area (Å²) in [5.74, 6) is 0.234. The first-order valence-electron chi connectivity index (χ1n) is 7.95. The van der Waals surface area contributed by atoms with E-state index in [-0.39, 0.29) is 25.8 Å². The van der Waals surface area contributed by atoms with Gasteiger partial charge in [0.25, 0.3) is 0 Å². The van der Waals surface area contributed by atoms with Gasteiger partial charge in [0, 0.05) is 0 Å². The first kappa shape index (κ1) is 20.3. The molecule has 0 aromatic heterocycles. The van der Waals surface area contributed by atoms with E-state index in [0.29, 0.717) is 5.75 Å². The Morgan fingerprint density at radius 1 is 1.20 bits per heavy atom. The number of methoxy groups -OCH3 is 1. The Labute approximate surface area is 148 Å². The Morgan fingerprint density at radius 3 is 2.36 bits per heavy atom. The summed E-state index contributed by atoms with van der Waals surface area (Å²) in [5, 5.41) is 0. The molecule has 1 aromatic rings. The van der Waals surface area contributed by atoms with E-state index in [1.807, 2.05) is 13.8 Å². The van der Waals surface area contributed by atoms with Gasteiger partial charge < -0.3 is 14.2 Å². The summed E-state index contributed by atoms with van der Waals surface area (Å²) in [6.07, 6.45) is -0.570. The summed E-state index contributed by atoms with van der Waals surface area (Å²) in [6, 6.07) is 6.60. The van der Waals surface area contributed by atoms with Gasteiger partial charge in [0.15, 0.2) is 0 Å². The molecule has 0 heterocycles. The fourth-order valence-electron chi connectivity index (χ4n) is 2.01. The Kier molecular flexibility index (Phi) is 8.27. The number of hydrogen-bond acceptors (Lipinski definition) is 5. The van der Waals surface area contributed by atoms with Crippen LogP contribution in [0.4, 0.5) is 4.79 Å². The van der Waals surface area contributed by atoms with Gasteiger partial charge in [-0.05, 0) is 30.5 Å². The van der Waals surface area contributed by atoms with E-state index in [1.54, 1.807) is 31.2 Å². The minimum absolute atomic E-state index is 0.0507. The maximum absolute atomic E-state index is 12.4. The van der Waals surface area contributed by atoms with Crippen molar-refractivity contribution in [3.05, 3.63) is 41.2 Å². The van der Waals surface area contributed by atoms with Gasteiger partial charge in [0.1, 0.15) is 12.3 Å². The molecule has 0 aliphatic rings. The summed E-state index contributed by atoms with van der Waals surface area (Å²) in [5.41, 5.74) is 0.806. The Bertz CT molecular complexity index is 607. The predicted molar refractivity (Wildman–Crippen MR) is 91.9 cm³/mol. The van der Waals surface area contributed by atoms with E-state index in [4.69, 9.17) is 16.0 Å². The van der Waals surface area contributed by atoms with Gasteiger partial charge in [-0.1, -0.05) is 26.0 Å². The van der Waals surface area contributed by atoms with Crippen LogP contribution in [0.2, 0.25) is 0 Å². The quantitative estimate of drug-likeness (QED) is 0.533. The van der Waals surface area contributed by atoms with Crippen LogP contribution in [-0.4, -0.2) is 44.0 Å². The second kappa shape index (κ2) is 10.2. The van der Waals surface area contributed by atoms with Crippen LogP contribution in [0.15, 0.2) is 24.3 Å². The lowest BCUT2D eigenvalue weighted by molar-refractivity contribution is -0.142. The van der Waals surface area contributed by atoms with Crippen molar-refractivity contribution in [2.24, 2.45) is 5.92 Å². The predicted octanol–water partition coefficient (Wildman–Crippen LogP) is 3.27. The fraction of sp³-hybridized carbons (Fsp3) is 0.500. The molecule has 136 valence electrons. The van der Waals surface area contributed by atoms with Crippen LogP contribution in [0.5, 0.6) is 5.75 Å². The number of rotatable bonds is 8. The van der Waals surface area contributed by atoms with Crippen LogP contribution in [0, 0.1) is 12.5 Å². The Balaban J connectivity index is 2.90. The molecule has 0 aliphatic heterocycles. The summed E-state index contributed by atoms with van der Waals surface area (Å²) >= 11 is 0. The average molecular weight is 348 g/mol. The second-order valence-electron chi connectivity index (χ2n) is 5.85. The van der Waals surface area contributed by atoms with Crippen LogP contribution in [0.1, 0.15) is 32.4 Å². The molecule has 1 atom stereocenters. The van der Waals surface area contributed by atoms with E-state index in [9.17, 15) is 9.59 Å². The highest BCUT2D eigenvalue weighted by atomic mass is 16.6. The molecular weight excluding hydrogens is 324 g/mol. The molecule has 1 unspecified atom stereocenters. The SMILES string of the molecule is [C-]#[N+]COc1ccc(C(C)N(CC(=O)OC)C(=O)OCC(C)C)cc1. The van der Waals surface area contributed by atoms with E-state index in [0.717, 1.165) is 5.56 Å². The van der Waals surface area contributed by atoms with Gasteiger partial charge in [-0.3, -0.25) is 14.5 Å². The van der Waals surface area contributed by atoms with Gasteiger partial charge in [0.2, 0.25) is 0 Å². The van der Waals surface area contributed by atoms with Crippen LogP contribution in [0.3, 0.4) is 0 Å². The zero-order valence-corrected chi connectivity index (χ0v) is 15.0. The number of esters is 1. The summed E-state index contributed by atoms with van der Waals surface area (Å²) in [4.78, 5) is 28.5. The summed E-state index contributed by atoms with van der Waals surface area (Å²) in [7, 11) is 1.27. The number of ether oxygens (including phenoxy) is 3. The first-order chi connectivity index (χ1) is 11.9. The number of hydrogen-bond donors (Lipinski definition) is 0. The van der Waals surface area contributed by atoms with Crippen molar-refractivity contribution in [1.82, 2.24) is 4.90 Å². The normalized spacial score (nSPS) is 11.4. The number of amides is 1. The highest BCUT2D eigenvalue weighted by molar-refractivity contribution is 5.78. The van der Waals surface area contributed by atoms with E-state index >= 15 is 0 Å². The maximum Gasteiger partial charge on any atom is 0.410 e. The fourth-order valence-corrected chi connectivity index (χ4v) is 2.01. The van der Waals surface area contributed by atoms with Gasteiger partial charge in [-0.2, -0.15) is 0 Å². The van der Waals surface area contributed by atoms with Crippen molar-refractivity contribution in [3.8, 4) is 5.75 Å². The van der Waals surface area contributed by atoms with Gasteiger partial charge in [0.05, 0.1) is 19.8 Å². The molecule has 0 saturated heterocycles. The molecule has 0 N–H and O–H groups in total. The van der Waals surface area contributed by atoms with Crippen molar-refractivity contribution < 1.29 is 23.8 Å². The molecule has 1 aromatic carbocycles. The number of carbonyl (C=O) groups is 2. The zero-order valence-electron chi connectivity index (χ0n) is 15.0. The lowest BCUT2D eigenvalue weighted by atomic mass is 10.1. The lowest BCUT2D eigenvalue weighted by Crippen LogP contribution is -2.39. The monoisotopic (exact) mass is 348 g/mol. The van der Waals surface area contributed by atoms with E-state index < -0.39 is 18.1 Å². The van der Waals surface area contributed by atoms with Gasteiger partial charge in [-0.15, -0.1) is 0 Å². The van der Waals surface area contributed by atoms with Crippen molar-refractivity contribution in [3.63, 3.8) is 0 Å².